The number of aryl methyl sites for hydroxylation is 1. The van der Waals surface area contributed by atoms with Crippen LogP contribution in [0, 0.1) is 5.82 Å². The van der Waals surface area contributed by atoms with Crippen molar-refractivity contribution in [3.05, 3.63) is 57.9 Å². The van der Waals surface area contributed by atoms with Gasteiger partial charge in [-0.1, -0.05) is 12.1 Å². The lowest BCUT2D eigenvalue weighted by Crippen LogP contribution is -2.41. The predicted octanol–water partition coefficient (Wildman–Crippen LogP) is 2.00. The van der Waals surface area contributed by atoms with Crippen LogP contribution in [0.2, 0.25) is 0 Å². The Morgan fingerprint density at radius 3 is 2.61 bits per heavy atom. The molecule has 0 spiro atoms. The molecule has 1 aromatic carbocycles. The van der Waals surface area contributed by atoms with Crippen molar-refractivity contribution in [2.45, 2.75) is 49.3 Å². The minimum absolute atomic E-state index is 0.207. The zero-order valence-electron chi connectivity index (χ0n) is 17.7. The molecule has 168 valence electrons. The molecule has 2 fully saturated rings. The van der Waals surface area contributed by atoms with Gasteiger partial charge in [0, 0.05) is 37.5 Å². The Morgan fingerprint density at radius 1 is 1.23 bits per heavy atom. The third kappa shape index (κ3) is 5.51. The fraction of sp³-hybridized carbons (Fsp3) is 0.545. The summed E-state index contributed by atoms with van der Waals surface area (Å²) >= 11 is 0. The van der Waals surface area contributed by atoms with Crippen LogP contribution in [0.25, 0.3) is 0 Å². The third-order valence-corrected chi connectivity index (χ3v) is 7.96. The first kappa shape index (κ1) is 22.0. The summed E-state index contributed by atoms with van der Waals surface area (Å²) in [7, 11) is -3.05. The zero-order chi connectivity index (χ0) is 22.0. The van der Waals surface area contributed by atoms with Crippen LogP contribution >= 0.6 is 0 Å². The molecule has 0 unspecified atom stereocenters. The van der Waals surface area contributed by atoms with Crippen molar-refractivity contribution in [2.75, 3.05) is 30.8 Å². The summed E-state index contributed by atoms with van der Waals surface area (Å²) in [5, 5.41) is 3.20. The first-order valence-electron chi connectivity index (χ1n) is 10.8. The molecule has 7 nitrogen and oxygen atoms in total. The SMILES string of the molecule is CS(=O)(=O)C1CCN(c2nc(CCCN[C@@H]3C[C@H]3c3ccc(F)cc3)c[nH]c2=O)CC1. The van der Waals surface area contributed by atoms with E-state index in [1.165, 1.54) is 24.0 Å². The lowest BCUT2D eigenvalue weighted by atomic mass is 10.1. The minimum Gasteiger partial charge on any atom is -0.352 e. The molecule has 1 saturated heterocycles. The maximum atomic E-state index is 13.0. The van der Waals surface area contributed by atoms with E-state index in [1.54, 1.807) is 6.20 Å². The number of aromatic amines is 1. The molecule has 9 heteroatoms. The number of benzene rings is 1. The Labute approximate surface area is 182 Å². The molecular formula is C22H29FN4O3S. The smallest absolute Gasteiger partial charge is 0.290 e. The van der Waals surface area contributed by atoms with Crippen LogP contribution in [-0.4, -0.2) is 55.6 Å². The number of nitrogens with zero attached hydrogens (tertiary/aromatic N) is 2. The highest BCUT2D eigenvalue weighted by Gasteiger charge is 2.37. The highest BCUT2D eigenvalue weighted by Crippen LogP contribution is 2.40. The van der Waals surface area contributed by atoms with Crippen molar-refractivity contribution < 1.29 is 12.8 Å². The van der Waals surface area contributed by atoms with Crippen molar-refractivity contribution in [1.29, 1.82) is 0 Å². The van der Waals surface area contributed by atoms with Crippen LogP contribution in [0.5, 0.6) is 0 Å². The minimum atomic E-state index is -3.05. The Hall–Kier alpha value is -2.26. The van der Waals surface area contributed by atoms with Gasteiger partial charge in [-0.2, -0.15) is 0 Å². The van der Waals surface area contributed by atoms with E-state index >= 15 is 0 Å². The number of H-pyrrole nitrogens is 1. The van der Waals surface area contributed by atoms with Crippen molar-refractivity contribution >= 4 is 15.7 Å². The summed E-state index contributed by atoms with van der Waals surface area (Å²) in [5.74, 6) is 0.630. The average molecular weight is 449 g/mol. The number of hydrogen-bond donors (Lipinski definition) is 2. The van der Waals surface area contributed by atoms with Crippen LogP contribution in [0.3, 0.4) is 0 Å². The molecule has 1 saturated carbocycles. The maximum absolute atomic E-state index is 13.0. The summed E-state index contributed by atoms with van der Waals surface area (Å²) in [6, 6.07) is 7.15. The normalized spacial score (nSPS) is 21.9. The maximum Gasteiger partial charge on any atom is 0.290 e. The number of nitrogens with one attached hydrogen (secondary N) is 2. The molecule has 2 heterocycles. The van der Waals surface area contributed by atoms with Gasteiger partial charge in [0.1, 0.15) is 15.7 Å². The van der Waals surface area contributed by atoms with Gasteiger partial charge in [-0.3, -0.25) is 4.79 Å². The summed E-state index contributed by atoms with van der Waals surface area (Å²) in [6.45, 7) is 1.88. The number of rotatable bonds is 8. The van der Waals surface area contributed by atoms with Gasteiger partial charge in [0.25, 0.3) is 5.56 Å². The summed E-state index contributed by atoms with van der Waals surface area (Å²) in [6.07, 6.45) is 6.67. The second-order valence-corrected chi connectivity index (χ2v) is 10.9. The number of halogens is 1. The van der Waals surface area contributed by atoms with E-state index < -0.39 is 9.84 Å². The van der Waals surface area contributed by atoms with E-state index in [-0.39, 0.29) is 16.6 Å². The largest absolute Gasteiger partial charge is 0.352 e. The third-order valence-electron chi connectivity index (χ3n) is 6.27. The molecule has 2 aromatic rings. The van der Waals surface area contributed by atoms with Gasteiger partial charge in [0.05, 0.1) is 10.9 Å². The lowest BCUT2D eigenvalue weighted by Gasteiger charge is -2.31. The second-order valence-electron chi connectivity index (χ2n) is 8.62. The molecule has 2 aliphatic rings. The molecule has 0 bridgehead atoms. The Bertz CT molecular complexity index is 1060. The average Bonchev–Trinajstić information content (AvgIpc) is 3.52. The summed E-state index contributed by atoms with van der Waals surface area (Å²) in [4.78, 5) is 21.5. The number of hydrogen-bond acceptors (Lipinski definition) is 6. The number of aromatic nitrogens is 2. The van der Waals surface area contributed by atoms with Gasteiger partial charge in [-0.05, 0) is 56.3 Å². The lowest BCUT2D eigenvalue weighted by molar-refractivity contribution is 0.530. The van der Waals surface area contributed by atoms with E-state index in [0.29, 0.717) is 43.7 Å². The topological polar surface area (TPSA) is 95.2 Å². The number of sulfone groups is 1. The van der Waals surface area contributed by atoms with Gasteiger partial charge < -0.3 is 15.2 Å². The standard InChI is InChI=1S/C22H29FN4O3S/c1-31(29,30)18-8-11-27(12-9-18)21-22(28)25-14-17(26-21)3-2-10-24-20-13-19(20)15-4-6-16(23)7-5-15/h4-7,14,18-20,24H,2-3,8-13H2,1H3,(H,25,28)/t19-,20+/m0/s1. The van der Waals surface area contributed by atoms with Crippen LogP contribution < -0.4 is 15.8 Å². The van der Waals surface area contributed by atoms with E-state index in [1.807, 2.05) is 17.0 Å². The van der Waals surface area contributed by atoms with Crippen molar-refractivity contribution in [3.8, 4) is 0 Å². The quantitative estimate of drug-likeness (QED) is 0.600. The predicted molar refractivity (Wildman–Crippen MR) is 119 cm³/mol. The Kier molecular flexibility index (Phi) is 6.43. The van der Waals surface area contributed by atoms with E-state index in [9.17, 15) is 17.6 Å². The van der Waals surface area contributed by atoms with Crippen molar-refractivity contribution in [1.82, 2.24) is 15.3 Å². The van der Waals surface area contributed by atoms with E-state index in [2.05, 4.69) is 15.3 Å². The monoisotopic (exact) mass is 448 g/mol. The molecule has 2 N–H and O–H groups in total. The molecule has 1 aliphatic carbocycles. The fourth-order valence-electron chi connectivity index (χ4n) is 4.33. The molecule has 0 amide bonds. The highest BCUT2D eigenvalue weighted by atomic mass is 32.2. The summed E-state index contributed by atoms with van der Waals surface area (Å²) in [5.41, 5.74) is 1.76. The molecule has 2 atom stereocenters. The Balaban J connectivity index is 1.25. The van der Waals surface area contributed by atoms with Crippen LogP contribution in [0.1, 0.15) is 42.9 Å². The van der Waals surface area contributed by atoms with Crippen LogP contribution in [0.15, 0.2) is 35.3 Å². The molecule has 0 radical (unpaired) electrons. The van der Waals surface area contributed by atoms with Crippen LogP contribution in [-0.2, 0) is 16.3 Å². The van der Waals surface area contributed by atoms with Gasteiger partial charge in [-0.25, -0.2) is 17.8 Å². The molecule has 4 rings (SSSR count). The first-order valence-corrected chi connectivity index (χ1v) is 12.8. The molecule has 1 aliphatic heterocycles. The van der Waals surface area contributed by atoms with Crippen molar-refractivity contribution in [2.24, 2.45) is 0 Å². The Morgan fingerprint density at radius 2 is 1.94 bits per heavy atom. The van der Waals surface area contributed by atoms with Gasteiger partial charge in [0.15, 0.2) is 5.82 Å². The highest BCUT2D eigenvalue weighted by molar-refractivity contribution is 7.91. The number of piperidine rings is 1. The van der Waals surface area contributed by atoms with Crippen molar-refractivity contribution in [3.63, 3.8) is 0 Å². The first-order chi connectivity index (χ1) is 14.8. The van der Waals surface area contributed by atoms with E-state index in [0.717, 1.165) is 31.5 Å². The van der Waals surface area contributed by atoms with E-state index in [4.69, 9.17) is 0 Å². The van der Waals surface area contributed by atoms with Gasteiger partial charge in [-0.15, -0.1) is 0 Å². The fourth-order valence-corrected chi connectivity index (χ4v) is 5.39. The van der Waals surface area contributed by atoms with Gasteiger partial charge >= 0.3 is 0 Å². The molecular weight excluding hydrogens is 419 g/mol. The second kappa shape index (κ2) is 9.08. The van der Waals surface area contributed by atoms with Crippen LogP contribution in [0.4, 0.5) is 10.2 Å². The van der Waals surface area contributed by atoms with Gasteiger partial charge in [0.2, 0.25) is 0 Å². The molecule has 1 aromatic heterocycles. The molecule has 31 heavy (non-hydrogen) atoms. The number of anilines is 1. The summed E-state index contributed by atoms with van der Waals surface area (Å²) < 4.78 is 36.5. The zero-order valence-corrected chi connectivity index (χ0v) is 18.5.